The lowest BCUT2D eigenvalue weighted by molar-refractivity contribution is 0.0456. The molecule has 18 heavy (non-hydrogen) atoms. The molecule has 3 atom stereocenters. The monoisotopic (exact) mass is 252 g/mol. The number of ether oxygens (including phenoxy) is 1. The van der Waals surface area contributed by atoms with Crippen LogP contribution in [0, 0.1) is 0 Å². The summed E-state index contributed by atoms with van der Waals surface area (Å²) in [6.07, 6.45) is 4.08. The first-order valence-corrected chi connectivity index (χ1v) is 6.91. The quantitative estimate of drug-likeness (QED) is 0.881. The Morgan fingerprint density at radius 3 is 2.78 bits per heavy atom. The largest absolute Gasteiger partial charge is 0.380 e. The second-order valence-corrected chi connectivity index (χ2v) is 5.00. The van der Waals surface area contributed by atoms with Crippen molar-refractivity contribution in [3.05, 3.63) is 11.6 Å². The van der Waals surface area contributed by atoms with Crippen LogP contribution in [0.25, 0.3) is 0 Å². The molecule has 5 heteroatoms. The van der Waals surface area contributed by atoms with Crippen LogP contribution < -0.4 is 5.73 Å². The fourth-order valence-electron chi connectivity index (χ4n) is 2.75. The number of aromatic nitrogens is 3. The minimum atomic E-state index is 0.149. The van der Waals surface area contributed by atoms with E-state index in [1.165, 1.54) is 0 Å². The van der Waals surface area contributed by atoms with Gasteiger partial charge in [0.05, 0.1) is 6.10 Å². The van der Waals surface area contributed by atoms with Gasteiger partial charge in [-0.05, 0) is 26.2 Å². The summed E-state index contributed by atoms with van der Waals surface area (Å²) >= 11 is 0. The zero-order chi connectivity index (χ0) is 13.1. The second-order valence-electron chi connectivity index (χ2n) is 5.00. The van der Waals surface area contributed by atoms with Gasteiger partial charge in [0, 0.05) is 32.0 Å². The molecular weight excluding hydrogens is 228 g/mol. The van der Waals surface area contributed by atoms with E-state index in [0.717, 1.165) is 43.9 Å². The van der Waals surface area contributed by atoms with Gasteiger partial charge in [-0.15, -0.1) is 0 Å². The van der Waals surface area contributed by atoms with Crippen LogP contribution in [0.1, 0.15) is 50.7 Å². The van der Waals surface area contributed by atoms with E-state index in [2.05, 4.69) is 23.9 Å². The van der Waals surface area contributed by atoms with E-state index < -0.39 is 0 Å². The van der Waals surface area contributed by atoms with Gasteiger partial charge in [0.25, 0.3) is 0 Å². The summed E-state index contributed by atoms with van der Waals surface area (Å²) in [6.45, 7) is 5.08. The van der Waals surface area contributed by atoms with E-state index in [4.69, 9.17) is 10.5 Å². The summed E-state index contributed by atoms with van der Waals surface area (Å²) in [4.78, 5) is 4.67. The Labute approximate surface area is 109 Å². The lowest BCUT2D eigenvalue weighted by Crippen LogP contribution is -2.41. The minimum absolute atomic E-state index is 0.149. The molecule has 0 radical (unpaired) electrons. The number of hydrogen-bond donors (Lipinski definition) is 1. The SMILES string of the molecule is CCc1nc([C@H]2CC[C@@H](N)[C@H](OC)C2)n(CC)n1. The molecule has 1 aromatic rings. The average Bonchev–Trinajstić information content (AvgIpc) is 2.82. The van der Waals surface area contributed by atoms with Crippen molar-refractivity contribution in [2.45, 2.75) is 64.1 Å². The number of nitrogens with two attached hydrogens (primary N) is 1. The highest BCUT2D eigenvalue weighted by atomic mass is 16.5. The van der Waals surface area contributed by atoms with Gasteiger partial charge in [-0.2, -0.15) is 5.10 Å². The maximum Gasteiger partial charge on any atom is 0.150 e. The molecule has 5 nitrogen and oxygen atoms in total. The van der Waals surface area contributed by atoms with Gasteiger partial charge < -0.3 is 10.5 Å². The molecule has 102 valence electrons. The summed E-state index contributed by atoms with van der Waals surface area (Å²) < 4.78 is 7.51. The molecule has 0 unspecified atom stereocenters. The van der Waals surface area contributed by atoms with E-state index in [9.17, 15) is 0 Å². The molecule has 1 aromatic heterocycles. The van der Waals surface area contributed by atoms with Gasteiger partial charge in [-0.1, -0.05) is 6.92 Å². The highest BCUT2D eigenvalue weighted by Gasteiger charge is 2.31. The second kappa shape index (κ2) is 5.80. The van der Waals surface area contributed by atoms with Crippen LogP contribution in [0.3, 0.4) is 0 Å². The van der Waals surface area contributed by atoms with Crippen molar-refractivity contribution in [3.63, 3.8) is 0 Å². The summed E-state index contributed by atoms with van der Waals surface area (Å²) in [5.41, 5.74) is 6.06. The van der Waals surface area contributed by atoms with Crippen molar-refractivity contribution in [1.29, 1.82) is 0 Å². The zero-order valence-corrected chi connectivity index (χ0v) is 11.6. The van der Waals surface area contributed by atoms with Crippen LogP contribution in [-0.2, 0) is 17.7 Å². The van der Waals surface area contributed by atoms with Crippen molar-refractivity contribution in [2.24, 2.45) is 5.73 Å². The molecule has 1 fully saturated rings. The van der Waals surface area contributed by atoms with Gasteiger partial charge in [-0.3, -0.25) is 0 Å². The number of aryl methyl sites for hydroxylation is 2. The summed E-state index contributed by atoms with van der Waals surface area (Å²) in [6, 6.07) is 0.162. The number of nitrogens with zero attached hydrogens (tertiary/aromatic N) is 3. The fraction of sp³-hybridized carbons (Fsp3) is 0.846. The Hall–Kier alpha value is -0.940. The van der Waals surface area contributed by atoms with Crippen LogP contribution in [0.4, 0.5) is 0 Å². The van der Waals surface area contributed by atoms with Crippen LogP contribution in [0.5, 0.6) is 0 Å². The van der Waals surface area contributed by atoms with Gasteiger partial charge in [-0.25, -0.2) is 9.67 Å². The number of methoxy groups -OCH3 is 1. The predicted octanol–water partition coefficient (Wildman–Crippen LogP) is 1.47. The fourth-order valence-corrected chi connectivity index (χ4v) is 2.75. The Morgan fingerprint density at radius 2 is 2.17 bits per heavy atom. The first kappa shape index (κ1) is 13.5. The van der Waals surface area contributed by atoms with Crippen LogP contribution in [0.2, 0.25) is 0 Å². The highest BCUT2D eigenvalue weighted by Crippen LogP contribution is 2.32. The Balaban J connectivity index is 2.18. The summed E-state index contributed by atoms with van der Waals surface area (Å²) in [7, 11) is 1.74. The maximum absolute atomic E-state index is 6.06. The van der Waals surface area contributed by atoms with Gasteiger partial charge in [0.15, 0.2) is 5.82 Å². The van der Waals surface area contributed by atoms with E-state index in [0.29, 0.717) is 5.92 Å². The Morgan fingerprint density at radius 1 is 1.39 bits per heavy atom. The third-order valence-electron chi connectivity index (χ3n) is 3.87. The number of hydrogen-bond acceptors (Lipinski definition) is 4. The van der Waals surface area contributed by atoms with E-state index in [1.54, 1.807) is 7.11 Å². The van der Waals surface area contributed by atoms with Crippen molar-refractivity contribution < 1.29 is 4.74 Å². The Kier molecular flexibility index (Phi) is 4.35. The van der Waals surface area contributed by atoms with Gasteiger partial charge in [0.2, 0.25) is 0 Å². The van der Waals surface area contributed by atoms with Crippen LogP contribution in [-0.4, -0.2) is 34.0 Å². The molecule has 1 saturated carbocycles. The highest BCUT2D eigenvalue weighted by molar-refractivity contribution is 5.04. The molecule has 2 rings (SSSR count). The summed E-state index contributed by atoms with van der Waals surface area (Å²) in [5, 5.41) is 4.53. The smallest absolute Gasteiger partial charge is 0.150 e. The normalized spacial score (nSPS) is 28.6. The molecule has 0 amide bonds. The van der Waals surface area contributed by atoms with Crippen LogP contribution >= 0.6 is 0 Å². The molecule has 1 aliphatic rings. The molecule has 1 heterocycles. The van der Waals surface area contributed by atoms with Gasteiger partial charge in [0.1, 0.15) is 5.82 Å². The molecule has 1 aliphatic carbocycles. The van der Waals surface area contributed by atoms with Crippen LogP contribution in [0.15, 0.2) is 0 Å². The first-order chi connectivity index (χ1) is 8.69. The molecule has 0 saturated heterocycles. The lowest BCUT2D eigenvalue weighted by atomic mass is 9.83. The third kappa shape index (κ3) is 2.57. The molecule has 0 spiro atoms. The molecule has 2 N–H and O–H groups in total. The molecule has 0 aromatic carbocycles. The average molecular weight is 252 g/mol. The molecular formula is C13H24N4O. The van der Waals surface area contributed by atoms with Crippen molar-refractivity contribution in [1.82, 2.24) is 14.8 Å². The maximum atomic E-state index is 6.06. The zero-order valence-electron chi connectivity index (χ0n) is 11.6. The third-order valence-corrected chi connectivity index (χ3v) is 3.87. The van der Waals surface area contributed by atoms with Crippen molar-refractivity contribution in [3.8, 4) is 0 Å². The number of rotatable bonds is 4. The molecule has 0 aliphatic heterocycles. The lowest BCUT2D eigenvalue weighted by Gasteiger charge is -2.32. The summed E-state index contributed by atoms with van der Waals surface area (Å²) in [5.74, 6) is 2.49. The van der Waals surface area contributed by atoms with E-state index >= 15 is 0 Å². The van der Waals surface area contributed by atoms with Crippen molar-refractivity contribution >= 4 is 0 Å². The van der Waals surface area contributed by atoms with Crippen molar-refractivity contribution in [2.75, 3.05) is 7.11 Å². The standard InChI is InChI=1S/C13H24N4O/c1-4-12-15-13(17(5-2)16-12)9-6-7-10(14)11(8-9)18-3/h9-11H,4-8,14H2,1-3H3/t9-,10+,11+/m0/s1. The first-order valence-electron chi connectivity index (χ1n) is 6.91. The minimum Gasteiger partial charge on any atom is -0.380 e. The Bertz CT molecular complexity index is 390. The predicted molar refractivity (Wildman–Crippen MR) is 70.4 cm³/mol. The van der Waals surface area contributed by atoms with Gasteiger partial charge >= 0.3 is 0 Å². The van der Waals surface area contributed by atoms with E-state index in [1.807, 2.05) is 4.68 Å². The molecule has 0 bridgehead atoms. The van der Waals surface area contributed by atoms with E-state index in [-0.39, 0.29) is 12.1 Å². The topological polar surface area (TPSA) is 66.0 Å².